The number of hydrogen-bond donors (Lipinski definition) is 2. The monoisotopic (exact) mass is 309 g/mol. The molecule has 0 spiro atoms. The lowest BCUT2D eigenvalue weighted by molar-refractivity contribution is 0.0949. The van der Waals surface area contributed by atoms with Crippen molar-refractivity contribution in [3.8, 4) is 11.3 Å². The van der Waals surface area contributed by atoms with E-state index < -0.39 is 0 Å². The van der Waals surface area contributed by atoms with Crippen LogP contribution in [0.25, 0.3) is 11.3 Å². The van der Waals surface area contributed by atoms with E-state index in [0.29, 0.717) is 18.7 Å². The summed E-state index contributed by atoms with van der Waals surface area (Å²) in [4.78, 5) is 12.1. The van der Waals surface area contributed by atoms with Crippen LogP contribution in [0.3, 0.4) is 0 Å². The number of benzene rings is 2. The smallest absolute Gasteiger partial charge is 0.269 e. The molecule has 0 aliphatic rings. The number of nitrogens with zero attached hydrogens (tertiary/aromatic N) is 1. The van der Waals surface area contributed by atoms with E-state index in [1.807, 2.05) is 30.3 Å². The van der Waals surface area contributed by atoms with Crippen LogP contribution < -0.4 is 5.32 Å². The SMILES string of the molecule is O=C(NCCc1ccc(F)cc1)c1cc(-c2ccccc2)n[nH]1. The first-order chi connectivity index (χ1) is 11.2. The predicted molar refractivity (Wildman–Crippen MR) is 86.5 cm³/mol. The van der Waals surface area contributed by atoms with Crippen LogP contribution in [0.4, 0.5) is 4.39 Å². The van der Waals surface area contributed by atoms with E-state index in [9.17, 15) is 9.18 Å². The summed E-state index contributed by atoms with van der Waals surface area (Å²) in [6.45, 7) is 0.476. The highest BCUT2D eigenvalue weighted by atomic mass is 19.1. The summed E-state index contributed by atoms with van der Waals surface area (Å²) in [5.41, 5.74) is 3.08. The molecule has 0 saturated carbocycles. The number of H-pyrrole nitrogens is 1. The lowest BCUT2D eigenvalue weighted by Gasteiger charge is -2.03. The molecule has 3 rings (SSSR count). The summed E-state index contributed by atoms with van der Waals surface area (Å²) in [5.74, 6) is -0.467. The van der Waals surface area contributed by atoms with Crippen LogP contribution >= 0.6 is 0 Å². The van der Waals surface area contributed by atoms with E-state index in [4.69, 9.17) is 0 Å². The molecule has 5 heteroatoms. The summed E-state index contributed by atoms with van der Waals surface area (Å²) in [7, 11) is 0. The zero-order chi connectivity index (χ0) is 16.1. The molecule has 0 aliphatic heterocycles. The quantitative estimate of drug-likeness (QED) is 0.760. The highest BCUT2D eigenvalue weighted by Crippen LogP contribution is 2.16. The summed E-state index contributed by atoms with van der Waals surface area (Å²) in [5, 5.41) is 9.73. The van der Waals surface area contributed by atoms with Gasteiger partial charge in [-0.15, -0.1) is 0 Å². The van der Waals surface area contributed by atoms with Gasteiger partial charge >= 0.3 is 0 Å². The number of halogens is 1. The van der Waals surface area contributed by atoms with Gasteiger partial charge in [-0.2, -0.15) is 5.10 Å². The number of aromatic amines is 1. The third-order valence-corrected chi connectivity index (χ3v) is 3.50. The van der Waals surface area contributed by atoms with E-state index in [1.54, 1.807) is 18.2 Å². The van der Waals surface area contributed by atoms with Crippen LogP contribution in [0.1, 0.15) is 16.1 Å². The van der Waals surface area contributed by atoms with Crippen LogP contribution in [0.2, 0.25) is 0 Å². The first-order valence-corrected chi connectivity index (χ1v) is 7.36. The van der Waals surface area contributed by atoms with Gasteiger partial charge < -0.3 is 5.32 Å². The molecule has 23 heavy (non-hydrogen) atoms. The molecule has 4 nitrogen and oxygen atoms in total. The summed E-state index contributed by atoms with van der Waals surface area (Å²) < 4.78 is 12.8. The Morgan fingerprint density at radius 3 is 2.57 bits per heavy atom. The fraction of sp³-hybridized carbons (Fsp3) is 0.111. The molecule has 0 radical (unpaired) electrons. The fourth-order valence-corrected chi connectivity index (χ4v) is 2.26. The van der Waals surface area contributed by atoms with Gasteiger partial charge in [-0.25, -0.2) is 4.39 Å². The van der Waals surface area contributed by atoms with Crippen molar-refractivity contribution >= 4 is 5.91 Å². The minimum Gasteiger partial charge on any atom is -0.350 e. The topological polar surface area (TPSA) is 57.8 Å². The summed E-state index contributed by atoms with van der Waals surface area (Å²) >= 11 is 0. The van der Waals surface area contributed by atoms with Crippen molar-refractivity contribution in [2.45, 2.75) is 6.42 Å². The normalized spacial score (nSPS) is 10.5. The van der Waals surface area contributed by atoms with Gasteiger partial charge in [0.15, 0.2) is 0 Å². The molecule has 1 amide bonds. The predicted octanol–water partition coefficient (Wildman–Crippen LogP) is 3.19. The van der Waals surface area contributed by atoms with Gasteiger partial charge in [-0.3, -0.25) is 9.89 Å². The molecular weight excluding hydrogens is 293 g/mol. The standard InChI is InChI=1S/C18H16FN3O/c19-15-8-6-13(7-9-15)10-11-20-18(23)17-12-16(21-22-17)14-4-2-1-3-5-14/h1-9,12H,10-11H2,(H,20,23)(H,21,22). The molecule has 0 unspecified atom stereocenters. The molecule has 0 bridgehead atoms. The third-order valence-electron chi connectivity index (χ3n) is 3.50. The van der Waals surface area contributed by atoms with Crippen molar-refractivity contribution in [2.75, 3.05) is 6.54 Å². The maximum Gasteiger partial charge on any atom is 0.269 e. The van der Waals surface area contributed by atoms with Gasteiger partial charge in [0.1, 0.15) is 11.5 Å². The molecule has 116 valence electrons. The number of carbonyl (C=O) groups is 1. The Bertz CT molecular complexity index is 782. The molecule has 0 saturated heterocycles. The van der Waals surface area contributed by atoms with Crippen LogP contribution in [0, 0.1) is 5.82 Å². The van der Waals surface area contributed by atoms with Crippen LogP contribution in [0.5, 0.6) is 0 Å². The zero-order valence-corrected chi connectivity index (χ0v) is 12.4. The number of aromatic nitrogens is 2. The summed E-state index contributed by atoms with van der Waals surface area (Å²) in [6, 6.07) is 17.6. The Morgan fingerprint density at radius 2 is 1.83 bits per heavy atom. The Labute approximate surface area is 133 Å². The van der Waals surface area contributed by atoms with Crippen LogP contribution in [0.15, 0.2) is 60.7 Å². The van der Waals surface area contributed by atoms with Gasteiger partial charge in [0, 0.05) is 12.1 Å². The lowest BCUT2D eigenvalue weighted by atomic mass is 10.1. The molecule has 1 heterocycles. The Balaban J connectivity index is 1.56. The van der Waals surface area contributed by atoms with Crippen LogP contribution in [-0.2, 0) is 6.42 Å². The molecule has 1 aromatic heterocycles. The molecule has 0 aliphatic carbocycles. The molecule has 2 N–H and O–H groups in total. The molecule has 0 atom stereocenters. The highest BCUT2D eigenvalue weighted by Gasteiger charge is 2.10. The van der Waals surface area contributed by atoms with Crippen molar-refractivity contribution in [1.82, 2.24) is 15.5 Å². The average Bonchev–Trinajstić information content (AvgIpc) is 3.07. The number of carbonyl (C=O) groups excluding carboxylic acids is 1. The first-order valence-electron chi connectivity index (χ1n) is 7.36. The van der Waals surface area contributed by atoms with Gasteiger partial charge in [-0.05, 0) is 30.2 Å². The van der Waals surface area contributed by atoms with E-state index in [1.165, 1.54) is 12.1 Å². The summed E-state index contributed by atoms with van der Waals surface area (Å²) in [6.07, 6.45) is 0.645. The Hall–Kier alpha value is -2.95. The molecule has 0 fully saturated rings. The molecule has 2 aromatic carbocycles. The molecule has 3 aromatic rings. The third kappa shape index (κ3) is 3.83. The minimum absolute atomic E-state index is 0.207. The van der Waals surface area contributed by atoms with E-state index in [2.05, 4.69) is 15.5 Å². The van der Waals surface area contributed by atoms with Gasteiger partial charge in [0.25, 0.3) is 5.91 Å². The van der Waals surface area contributed by atoms with Crippen molar-refractivity contribution in [3.63, 3.8) is 0 Å². The Kier molecular flexibility index (Phi) is 4.47. The maximum absolute atomic E-state index is 12.8. The van der Waals surface area contributed by atoms with Crippen molar-refractivity contribution in [3.05, 3.63) is 77.7 Å². The van der Waals surface area contributed by atoms with E-state index in [0.717, 1.165) is 16.8 Å². The fourth-order valence-electron chi connectivity index (χ4n) is 2.26. The number of rotatable bonds is 5. The van der Waals surface area contributed by atoms with E-state index in [-0.39, 0.29) is 11.7 Å². The lowest BCUT2D eigenvalue weighted by Crippen LogP contribution is -2.26. The maximum atomic E-state index is 12.8. The van der Waals surface area contributed by atoms with Crippen molar-refractivity contribution in [1.29, 1.82) is 0 Å². The zero-order valence-electron chi connectivity index (χ0n) is 12.4. The second-order valence-corrected chi connectivity index (χ2v) is 5.17. The average molecular weight is 309 g/mol. The van der Waals surface area contributed by atoms with Crippen LogP contribution in [-0.4, -0.2) is 22.6 Å². The van der Waals surface area contributed by atoms with E-state index >= 15 is 0 Å². The largest absolute Gasteiger partial charge is 0.350 e. The molecular formula is C18H16FN3O. The van der Waals surface area contributed by atoms with Crippen molar-refractivity contribution < 1.29 is 9.18 Å². The number of amides is 1. The number of nitrogens with one attached hydrogen (secondary N) is 2. The number of hydrogen-bond acceptors (Lipinski definition) is 2. The minimum atomic E-state index is -0.260. The van der Waals surface area contributed by atoms with Gasteiger partial charge in [0.05, 0.1) is 5.69 Å². The van der Waals surface area contributed by atoms with Gasteiger partial charge in [0.2, 0.25) is 0 Å². The van der Waals surface area contributed by atoms with Crippen molar-refractivity contribution in [2.24, 2.45) is 0 Å². The van der Waals surface area contributed by atoms with Gasteiger partial charge in [-0.1, -0.05) is 42.5 Å². The first kappa shape index (κ1) is 15.0. The second-order valence-electron chi connectivity index (χ2n) is 5.17. The Morgan fingerprint density at radius 1 is 1.09 bits per heavy atom. The highest BCUT2D eigenvalue weighted by molar-refractivity contribution is 5.93. The second kappa shape index (κ2) is 6.87.